The first kappa shape index (κ1) is 12.8. The minimum Gasteiger partial charge on any atom is -0.271 e. The smallest absolute Gasteiger partial charge is 0.183 e. The Morgan fingerprint density at radius 3 is 2.88 bits per heavy atom. The summed E-state index contributed by atoms with van der Waals surface area (Å²) in [4.78, 5) is 3.95. The van der Waals surface area contributed by atoms with E-state index in [1.165, 1.54) is 23.9 Å². The molecule has 0 saturated carbocycles. The van der Waals surface area contributed by atoms with Crippen LogP contribution in [0.2, 0.25) is 5.02 Å². The summed E-state index contributed by atoms with van der Waals surface area (Å²) in [5, 5.41) is 11.6. The molecule has 1 rings (SSSR count). The van der Waals surface area contributed by atoms with E-state index in [-0.39, 0.29) is 5.69 Å². The van der Waals surface area contributed by atoms with Crippen molar-refractivity contribution in [1.29, 1.82) is 5.26 Å². The van der Waals surface area contributed by atoms with Crippen LogP contribution >= 0.6 is 23.4 Å². The van der Waals surface area contributed by atoms with Crippen LogP contribution in [-0.2, 0) is 0 Å². The van der Waals surface area contributed by atoms with Gasteiger partial charge in [-0.25, -0.2) is 9.38 Å². The number of amidine groups is 1. The Bertz CT molecular complexity index is 468. The Labute approximate surface area is 102 Å². The SMILES string of the molecule is CSC(=Nc1cc(Cl)c(C)cc1F)NC#N. The molecule has 0 atom stereocenters. The molecular weight excluding hydrogens is 249 g/mol. The molecule has 0 aliphatic carbocycles. The number of hydrogen-bond donors (Lipinski definition) is 1. The average molecular weight is 258 g/mol. The highest BCUT2D eigenvalue weighted by Crippen LogP contribution is 2.26. The fourth-order valence-corrected chi connectivity index (χ4v) is 1.50. The van der Waals surface area contributed by atoms with E-state index in [9.17, 15) is 4.39 Å². The summed E-state index contributed by atoms with van der Waals surface area (Å²) < 4.78 is 13.5. The molecule has 84 valence electrons. The number of aliphatic imine (C=N–C) groups is 1. The lowest BCUT2D eigenvalue weighted by Gasteiger charge is -2.03. The van der Waals surface area contributed by atoms with Gasteiger partial charge in [0.05, 0.1) is 0 Å². The van der Waals surface area contributed by atoms with Crippen LogP contribution in [0.1, 0.15) is 5.56 Å². The van der Waals surface area contributed by atoms with E-state index in [1.807, 2.05) is 0 Å². The highest BCUT2D eigenvalue weighted by atomic mass is 35.5. The number of halogens is 2. The van der Waals surface area contributed by atoms with Crippen molar-refractivity contribution in [3.63, 3.8) is 0 Å². The first-order chi connectivity index (χ1) is 7.58. The lowest BCUT2D eigenvalue weighted by atomic mass is 10.2. The molecule has 0 aliphatic heterocycles. The van der Waals surface area contributed by atoms with E-state index in [0.29, 0.717) is 15.8 Å². The number of nitrogens with one attached hydrogen (secondary N) is 1. The van der Waals surface area contributed by atoms with Crippen molar-refractivity contribution in [3.05, 3.63) is 28.5 Å². The summed E-state index contributed by atoms with van der Waals surface area (Å²) in [6.07, 6.45) is 3.46. The van der Waals surface area contributed by atoms with Crippen molar-refractivity contribution in [3.8, 4) is 6.19 Å². The standard InChI is InChI=1S/C10H9ClFN3S/c1-6-3-8(12)9(4-7(6)11)15-10(16-2)14-5-13/h3-4H,1-2H3,(H,14,15). The molecular formula is C10H9ClFN3S. The highest BCUT2D eigenvalue weighted by molar-refractivity contribution is 8.13. The third-order valence-corrected chi connectivity index (χ3v) is 2.79. The van der Waals surface area contributed by atoms with Crippen molar-refractivity contribution >= 4 is 34.2 Å². The number of nitriles is 1. The molecule has 6 heteroatoms. The van der Waals surface area contributed by atoms with Gasteiger partial charge in [0, 0.05) is 5.02 Å². The molecule has 0 radical (unpaired) electrons. The topological polar surface area (TPSA) is 48.2 Å². The van der Waals surface area contributed by atoms with Gasteiger partial charge in [0.2, 0.25) is 0 Å². The number of hydrogen-bond acceptors (Lipinski definition) is 3. The van der Waals surface area contributed by atoms with Crippen molar-refractivity contribution in [2.75, 3.05) is 6.26 Å². The summed E-state index contributed by atoms with van der Waals surface area (Å²) in [6, 6.07) is 2.74. The Hall–Kier alpha value is -1.25. The normalized spacial score (nSPS) is 11.1. The van der Waals surface area contributed by atoms with E-state index < -0.39 is 5.82 Å². The second-order valence-electron chi connectivity index (χ2n) is 2.91. The van der Waals surface area contributed by atoms with Gasteiger partial charge in [-0.15, -0.1) is 0 Å². The van der Waals surface area contributed by atoms with Gasteiger partial charge in [-0.05, 0) is 30.9 Å². The first-order valence-electron chi connectivity index (χ1n) is 4.32. The minimum atomic E-state index is -0.465. The Kier molecular flexibility index (Phi) is 4.59. The Morgan fingerprint density at radius 2 is 2.31 bits per heavy atom. The molecule has 16 heavy (non-hydrogen) atoms. The largest absolute Gasteiger partial charge is 0.271 e. The molecule has 0 aliphatic rings. The maximum atomic E-state index is 13.5. The van der Waals surface area contributed by atoms with Crippen LogP contribution < -0.4 is 5.32 Å². The molecule has 3 nitrogen and oxygen atoms in total. The quantitative estimate of drug-likeness (QED) is 0.364. The van der Waals surface area contributed by atoms with Crippen molar-refractivity contribution in [1.82, 2.24) is 5.32 Å². The Morgan fingerprint density at radius 1 is 1.62 bits per heavy atom. The second kappa shape index (κ2) is 5.73. The number of nitrogens with zero attached hydrogens (tertiary/aromatic N) is 2. The Balaban J connectivity index is 3.14. The van der Waals surface area contributed by atoms with E-state index in [1.54, 1.807) is 19.4 Å². The molecule has 1 aromatic rings. The molecule has 0 fully saturated rings. The van der Waals surface area contributed by atoms with E-state index in [0.717, 1.165) is 0 Å². The lowest BCUT2D eigenvalue weighted by Crippen LogP contribution is -2.12. The summed E-state index contributed by atoms with van der Waals surface area (Å²) >= 11 is 7.08. The monoisotopic (exact) mass is 257 g/mol. The number of aryl methyl sites for hydroxylation is 1. The zero-order chi connectivity index (χ0) is 12.1. The molecule has 0 heterocycles. The molecule has 1 N–H and O–H groups in total. The van der Waals surface area contributed by atoms with Gasteiger partial charge in [0.15, 0.2) is 11.4 Å². The summed E-state index contributed by atoms with van der Waals surface area (Å²) in [7, 11) is 0. The van der Waals surface area contributed by atoms with Crippen molar-refractivity contribution < 1.29 is 4.39 Å². The van der Waals surface area contributed by atoms with E-state index >= 15 is 0 Å². The maximum Gasteiger partial charge on any atom is 0.183 e. The van der Waals surface area contributed by atoms with Crippen LogP contribution in [0.25, 0.3) is 0 Å². The molecule has 0 unspecified atom stereocenters. The van der Waals surface area contributed by atoms with Crippen LogP contribution in [0.4, 0.5) is 10.1 Å². The molecule has 0 spiro atoms. The average Bonchev–Trinajstić information content (AvgIpc) is 2.25. The van der Waals surface area contributed by atoms with Crippen LogP contribution in [0.5, 0.6) is 0 Å². The maximum absolute atomic E-state index is 13.5. The van der Waals surface area contributed by atoms with Gasteiger partial charge in [0.25, 0.3) is 0 Å². The lowest BCUT2D eigenvalue weighted by molar-refractivity contribution is 0.629. The number of rotatable bonds is 1. The van der Waals surface area contributed by atoms with Crippen LogP contribution in [0.3, 0.4) is 0 Å². The predicted octanol–water partition coefficient (Wildman–Crippen LogP) is 3.21. The van der Waals surface area contributed by atoms with Gasteiger partial charge >= 0.3 is 0 Å². The molecule has 0 bridgehead atoms. The molecule has 1 aromatic carbocycles. The zero-order valence-corrected chi connectivity index (χ0v) is 10.3. The van der Waals surface area contributed by atoms with Crippen molar-refractivity contribution in [2.45, 2.75) is 6.92 Å². The fourth-order valence-electron chi connectivity index (χ4n) is 1.00. The van der Waals surface area contributed by atoms with E-state index in [2.05, 4.69) is 10.3 Å². The summed E-state index contributed by atoms with van der Waals surface area (Å²) in [6.45, 7) is 1.71. The fraction of sp³-hybridized carbons (Fsp3) is 0.200. The minimum absolute atomic E-state index is 0.114. The first-order valence-corrected chi connectivity index (χ1v) is 5.92. The summed E-state index contributed by atoms with van der Waals surface area (Å²) in [5.74, 6) is -0.465. The highest BCUT2D eigenvalue weighted by Gasteiger charge is 2.06. The zero-order valence-electron chi connectivity index (χ0n) is 8.71. The van der Waals surface area contributed by atoms with Gasteiger partial charge < -0.3 is 0 Å². The van der Waals surface area contributed by atoms with E-state index in [4.69, 9.17) is 16.9 Å². The molecule has 0 saturated heterocycles. The summed E-state index contributed by atoms with van der Waals surface area (Å²) in [5.41, 5.74) is 0.764. The van der Waals surface area contributed by atoms with Gasteiger partial charge in [0.1, 0.15) is 11.5 Å². The van der Waals surface area contributed by atoms with Crippen molar-refractivity contribution in [2.24, 2.45) is 4.99 Å². The van der Waals surface area contributed by atoms with Crippen LogP contribution in [0, 0.1) is 24.2 Å². The van der Waals surface area contributed by atoms with Gasteiger partial charge in [-0.1, -0.05) is 23.4 Å². The predicted molar refractivity (Wildman–Crippen MR) is 65.5 cm³/mol. The number of thioether (sulfide) groups is 1. The third-order valence-electron chi connectivity index (χ3n) is 1.81. The second-order valence-corrected chi connectivity index (χ2v) is 4.11. The van der Waals surface area contributed by atoms with Gasteiger partial charge in [-0.3, -0.25) is 5.32 Å². The third kappa shape index (κ3) is 3.12. The molecule has 0 amide bonds. The molecule has 0 aromatic heterocycles. The van der Waals surface area contributed by atoms with Crippen LogP contribution in [0.15, 0.2) is 17.1 Å². The van der Waals surface area contributed by atoms with Crippen LogP contribution in [-0.4, -0.2) is 11.4 Å². The number of benzene rings is 1. The van der Waals surface area contributed by atoms with Gasteiger partial charge in [-0.2, -0.15) is 5.26 Å².